The van der Waals surface area contributed by atoms with Crippen molar-refractivity contribution in [3.8, 4) is 0 Å². The number of hydrogen-bond acceptors (Lipinski definition) is 2. The van der Waals surface area contributed by atoms with E-state index in [1.807, 2.05) is 17.0 Å². The summed E-state index contributed by atoms with van der Waals surface area (Å²) >= 11 is 0. The van der Waals surface area contributed by atoms with Crippen LogP contribution in [0.25, 0.3) is 0 Å². The Balaban J connectivity index is 1.83. The molecule has 4 heteroatoms. The van der Waals surface area contributed by atoms with E-state index in [4.69, 9.17) is 0 Å². The number of nitrogens with zero attached hydrogens (tertiary/aromatic N) is 3. The molecule has 0 atom stereocenters. The van der Waals surface area contributed by atoms with Gasteiger partial charge in [0.25, 0.3) is 0 Å². The van der Waals surface area contributed by atoms with Crippen LogP contribution in [0.5, 0.6) is 0 Å². The largest absolute Gasteiger partial charge is 0.329 e. The summed E-state index contributed by atoms with van der Waals surface area (Å²) in [7, 11) is 0. The third-order valence-corrected chi connectivity index (χ3v) is 3.13. The maximum absolute atomic E-state index is 12.1. The van der Waals surface area contributed by atoms with E-state index in [1.165, 1.54) is 15.7 Å². The summed E-state index contributed by atoms with van der Waals surface area (Å²) in [6, 6.07) is 8.28. The molecule has 0 radical (unpaired) electrons. The van der Waals surface area contributed by atoms with Crippen molar-refractivity contribution in [3.05, 3.63) is 54.1 Å². The minimum atomic E-state index is -0.00277. The standard InChI is InChI=1S/C13H13N3O/c17-13(16-8-6-14-10-16)15-7-5-11-3-1-2-4-12(11)9-15/h1-4,6,8,10H,5,7,9H2. The van der Waals surface area contributed by atoms with Crippen molar-refractivity contribution in [2.75, 3.05) is 6.54 Å². The lowest BCUT2D eigenvalue weighted by molar-refractivity contribution is 0.194. The van der Waals surface area contributed by atoms with Gasteiger partial charge in [0, 0.05) is 25.5 Å². The molecule has 0 unspecified atom stereocenters. The quantitative estimate of drug-likeness (QED) is 0.689. The lowest BCUT2D eigenvalue weighted by Gasteiger charge is -2.28. The van der Waals surface area contributed by atoms with E-state index in [0.717, 1.165) is 13.0 Å². The number of imidazole rings is 1. The number of rotatable bonds is 0. The highest BCUT2D eigenvalue weighted by atomic mass is 16.2. The third kappa shape index (κ3) is 1.82. The van der Waals surface area contributed by atoms with E-state index in [9.17, 15) is 4.79 Å². The molecule has 0 fully saturated rings. The van der Waals surface area contributed by atoms with Crippen LogP contribution in [-0.2, 0) is 13.0 Å². The maximum atomic E-state index is 12.1. The van der Waals surface area contributed by atoms with Gasteiger partial charge in [0.15, 0.2) is 0 Å². The second kappa shape index (κ2) is 4.05. The minimum absolute atomic E-state index is 0.00277. The van der Waals surface area contributed by atoms with Crippen molar-refractivity contribution in [2.24, 2.45) is 0 Å². The number of carbonyl (C=O) groups is 1. The topological polar surface area (TPSA) is 38.1 Å². The highest BCUT2D eigenvalue weighted by Gasteiger charge is 2.20. The average Bonchev–Trinajstić information content (AvgIpc) is 2.91. The fourth-order valence-electron chi connectivity index (χ4n) is 2.19. The molecule has 2 aromatic rings. The smallest absolute Gasteiger partial charge is 0.319 e. The van der Waals surface area contributed by atoms with E-state index in [0.29, 0.717) is 6.54 Å². The number of aromatic nitrogens is 2. The number of fused-ring (bicyclic) bond motifs is 1. The molecule has 0 aliphatic carbocycles. The van der Waals surface area contributed by atoms with Crippen molar-refractivity contribution < 1.29 is 4.79 Å². The molecular formula is C13H13N3O. The van der Waals surface area contributed by atoms with Crippen molar-refractivity contribution in [1.29, 1.82) is 0 Å². The van der Waals surface area contributed by atoms with Gasteiger partial charge in [-0.15, -0.1) is 0 Å². The first kappa shape index (κ1) is 10.1. The zero-order valence-electron chi connectivity index (χ0n) is 9.41. The Kier molecular flexibility index (Phi) is 2.40. The highest BCUT2D eigenvalue weighted by molar-refractivity contribution is 5.77. The second-order valence-electron chi connectivity index (χ2n) is 4.19. The van der Waals surface area contributed by atoms with E-state index in [2.05, 4.69) is 17.1 Å². The molecule has 2 heterocycles. The molecule has 0 saturated heterocycles. The summed E-state index contributed by atoms with van der Waals surface area (Å²) in [6.07, 6.45) is 5.78. The number of hydrogen-bond donors (Lipinski definition) is 0. The van der Waals surface area contributed by atoms with Crippen LogP contribution in [0.4, 0.5) is 4.79 Å². The molecule has 1 amide bonds. The molecule has 0 spiro atoms. The monoisotopic (exact) mass is 227 g/mol. The second-order valence-corrected chi connectivity index (χ2v) is 4.19. The summed E-state index contributed by atoms with van der Waals surface area (Å²) in [4.78, 5) is 17.9. The molecular weight excluding hydrogens is 214 g/mol. The van der Waals surface area contributed by atoms with Crippen molar-refractivity contribution in [1.82, 2.24) is 14.5 Å². The Morgan fingerprint density at radius 1 is 1.24 bits per heavy atom. The van der Waals surface area contributed by atoms with Gasteiger partial charge < -0.3 is 4.90 Å². The average molecular weight is 227 g/mol. The molecule has 4 nitrogen and oxygen atoms in total. The highest BCUT2D eigenvalue weighted by Crippen LogP contribution is 2.18. The van der Waals surface area contributed by atoms with Gasteiger partial charge in [0.2, 0.25) is 0 Å². The molecule has 1 aliphatic heterocycles. The zero-order chi connectivity index (χ0) is 11.7. The van der Waals surface area contributed by atoms with Crippen LogP contribution in [0.3, 0.4) is 0 Å². The Hall–Kier alpha value is -2.10. The number of amides is 1. The van der Waals surface area contributed by atoms with Crippen molar-refractivity contribution in [3.63, 3.8) is 0 Å². The summed E-state index contributed by atoms with van der Waals surface area (Å²) in [5.41, 5.74) is 2.59. The Labute approximate surface area is 99.5 Å². The number of benzene rings is 1. The van der Waals surface area contributed by atoms with Gasteiger partial charge >= 0.3 is 6.03 Å². The Morgan fingerprint density at radius 3 is 2.82 bits per heavy atom. The van der Waals surface area contributed by atoms with E-state index in [-0.39, 0.29) is 6.03 Å². The van der Waals surface area contributed by atoms with Gasteiger partial charge in [-0.1, -0.05) is 24.3 Å². The molecule has 17 heavy (non-hydrogen) atoms. The van der Waals surface area contributed by atoms with E-state index < -0.39 is 0 Å². The zero-order valence-corrected chi connectivity index (χ0v) is 9.41. The van der Waals surface area contributed by atoms with Crippen LogP contribution in [0.15, 0.2) is 43.0 Å². The van der Waals surface area contributed by atoms with Gasteiger partial charge in [0.1, 0.15) is 6.33 Å². The van der Waals surface area contributed by atoms with E-state index in [1.54, 1.807) is 18.7 Å². The SMILES string of the molecule is O=C(N1CCc2ccccc2C1)n1ccnc1. The summed E-state index contributed by atoms with van der Waals surface area (Å²) < 4.78 is 1.52. The predicted octanol–water partition coefficient (Wildman–Crippen LogP) is 1.91. The minimum Gasteiger partial charge on any atom is -0.319 e. The summed E-state index contributed by atoms with van der Waals surface area (Å²) in [6.45, 7) is 1.46. The van der Waals surface area contributed by atoms with Crippen LogP contribution in [0.2, 0.25) is 0 Å². The lowest BCUT2D eigenvalue weighted by Crippen LogP contribution is -2.38. The molecule has 1 aromatic carbocycles. The summed E-state index contributed by atoms with van der Waals surface area (Å²) in [5.74, 6) is 0. The number of carbonyl (C=O) groups excluding carboxylic acids is 1. The lowest BCUT2D eigenvalue weighted by atomic mass is 10.0. The van der Waals surface area contributed by atoms with Crippen LogP contribution in [0.1, 0.15) is 11.1 Å². The van der Waals surface area contributed by atoms with Crippen LogP contribution < -0.4 is 0 Å². The first-order chi connectivity index (χ1) is 8.34. The fraction of sp³-hybridized carbons (Fsp3) is 0.231. The molecule has 1 aliphatic rings. The molecule has 3 rings (SSSR count). The van der Waals surface area contributed by atoms with Gasteiger partial charge in [-0.2, -0.15) is 0 Å². The van der Waals surface area contributed by atoms with Crippen LogP contribution in [0, 0.1) is 0 Å². The molecule has 1 aromatic heterocycles. The Bertz CT molecular complexity index is 533. The normalized spacial score (nSPS) is 14.5. The van der Waals surface area contributed by atoms with Crippen molar-refractivity contribution in [2.45, 2.75) is 13.0 Å². The molecule has 0 bridgehead atoms. The van der Waals surface area contributed by atoms with Crippen molar-refractivity contribution >= 4 is 6.03 Å². The van der Waals surface area contributed by atoms with Crippen LogP contribution >= 0.6 is 0 Å². The third-order valence-electron chi connectivity index (χ3n) is 3.13. The first-order valence-corrected chi connectivity index (χ1v) is 5.68. The van der Waals surface area contributed by atoms with Gasteiger partial charge in [-0.3, -0.25) is 4.57 Å². The summed E-state index contributed by atoms with van der Waals surface area (Å²) in [5, 5.41) is 0. The molecule has 86 valence electrons. The van der Waals surface area contributed by atoms with Gasteiger partial charge in [0.05, 0.1) is 0 Å². The van der Waals surface area contributed by atoms with E-state index >= 15 is 0 Å². The first-order valence-electron chi connectivity index (χ1n) is 5.68. The van der Waals surface area contributed by atoms with Gasteiger partial charge in [-0.05, 0) is 17.5 Å². The Morgan fingerprint density at radius 2 is 2.06 bits per heavy atom. The fourth-order valence-corrected chi connectivity index (χ4v) is 2.19. The predicted molar refractivity (Wildman–Crippen MR) is 63.6 cm³/mol. The maximum Gasteiger partial charge on any atom is 0.329 e. The molecule has 0 N–H and O–H groups in total. The van der Waals surface area contributed by atoms with Gasteiger partial charge in [-0.25, -0.2) is 9.78 Å². The van der Waals surface area contributed by atoms with Crippen LogP contribution in [-0.4, -0.2) is 27.0 Å². The molecule has 0 saturated carbocycles.